The van der Waals surface area contributed by atoms with Crippen LogP contribution in [0.15, 0.2) is 18.2 Å². The molecule has 1 aliphatic heterocycles. The molecule has 20 heavy (non-hydrogen) atoms. The van der Waals surface area contributed by atoms with Gasteiger partial charge in [-0.1, -0.05) is 18.2 Å². The van der Waals surface area contributed by atoms with Crippen LogP contribution in [0.2, 0.25) is 0 Å². The molecule has 3 atom stereocenters. The number of nitrogens with zero attached hydrogens (tertiary/aromatic N) is 1. The second kappa shape index (κ2) is 5.84. The first kappa shape index (κ1) is 14.1. The molecule has 3 rings (SSSR count). The number of aryl methyl sites for hydroxylation is 1. The van der Waals surface area contributed by atoms with E-state index in [1.165, 1.54) is 36.0 Å². The van der Waals surface area contributed by atoms with Crippen molar-refractivity contribution in [2.45, 2.75) is 51.3 Å². The molecule has 0 bridgehead atoms. The third-order valence-corrected chi connectivity index (χ3v) is 5.15. The Morgan fingerprint density at radius 3 is 3.00 bits per heavy atom. The molecule has 2 fully saturated rings. The summed E-state index contributed by atoms with van der Waals surface area (Å²) in [5, 5.41) is 0. The van der Waals surface area contributed by atoms with Gasteiger partial charge in [-0.2, -0.15) is 0 Å². The average Bonchev–Trinajstić information content (AvgIpc) is 2.93. The van der Waals surface area contributed by atoms with Gasteiger partial charge in [0.05, 0.1) is 12.7 Å². The van der Waals surface area contributed by atoms with Crippen LogP contribution >= 0.6 is 0 Å². The summed E-state index contributed by atoms with van der Waals surface area (Å²) >= 11 is 0. The van der Waals surface area contributed by atoms with E-state index >= 15 is 0 Å². The van der Waals surface area contributed by atoms with Crippen LogP contribution in [0.25, 0.3) is 0 Å². The summed E-state index contributed by atoms with van der Waals surface area (Å²) in [4.78, 5) is 2.61. The largest absolute Gasteiger partial charge is 0.375 e. The van der Waals surface area contributed by atoms with Gasteiger partial charge in [-0.15, -0.1) is 0 Å². The van der Waals surface area contributed by atoms with Gasteiger partial charge in [0, 0.05) is 25.2 Å². The summed E-state index contributed by atoms with van der Waals surface area (Å²) in [7, 11) is 0. The van der Waals surface area contributed by atoms with Gasteiger partial charge in [0.1, 0.15) is 0 Å². The predicted octanol–water partition coefficient (Wildman–Crippen LogP) is 2.56. The van der Waals surface area contributed by atoms with E-state index in [2.05, 4.69) is 36.9 Å². The molecule has 2 aliphatic rings. The van der Waals surface area contributed by atoms with Gasteiger partial charge in [0.15, 0.2) is 0 Å². The lowest BCUT2D eigenvalue weighted by Crippen LogP contribution is -2.51. The molecule has 1 saturated carbocycles. The predicted molar refractivity (Wildman–Crippen MR) is 81.8 cm³/mol. The van der Waals surface area contributed by atoms with Crippen molar-refractivity contribution >= 4 is 0 Å². The van der Waals surface area contributed by atoms with E-state index in [0.29, 0.717) is 24.7 Å². The van der Waals surface area contributed by atoms with Crippen LogP contribution in [0, 0.1) is 13.8 Å². The first-order chi connectivity index (χ1) is 9.72. The van der Waals surface area contributed by atoms with Crippen LogP contribution in [-0.2, 0) is 4.74 Å². The standard InChI is InChI=1S/C17H26N2O/c1-12-5-3-6-14(13(12)2)16(11-18)19-9-10-20-17-8-4-7-15(17)19/h3,5-6,15-17H,4,7-11,18H2,1-2H3. The molecule has 0 radical (unpaired) electrons. The Labute approximate surface area is 122 Å². The number of benzene rings is 1. The number of fused-ring (bicyclic) bond motifs is 1. The fraction of sp³-hybridized carbons (Fsp3) is 0.647. The lowest BCUT2D eigenvalue weighted by atomic mass is 9.94. The van der Waals surface area contributed by atoms with Gasteiger partial charge in [0.25, 0.3) is 0 Å². The molecule has 3 unspecified atom stereocenters. The van der Waals surface area contributed by atoms with E-state index in [9.17, 15) is 0 Å². The molecule has 1 aromatic carbocycles. The van der Waals surface area contributed by atoms with Crippen molar-refractivity contribution in [2.24, 2.45) is 5.73 Å². The molecule has 1 heterocycles. The molecule has 3 heteroatoms. The normalized spacial score (nSPS) is 28.4. The van der Waals surface area contributed by atoms with Crippen LogP contribution in [0.3, 0.4) is 0 Å². The molecule has 0 spiro atoms. The van der Waals surface area contributed by atoms with Crippen molar-refractivity contribution in [3.63, 3.8) is 0 Å². The maximum Gasteiger partial charge on any atom is 0.0731 e. The van der Waals surface area contributed by atoms with Crippen LogP contribution < -0.4 is 5.73 Å². The van der Waals surface area contributed by atoms with Crippen molar-refractivity contribution in [3.05, 3.63) is 34.9 Å². The Morgan fingerprint density at radius 2 is 2.20 bits per heavy atom. The number of morpholine rings is 1. The van der Waals surface area contributed by atoms with Crippen molar-refractivity contribution < 1.29 is 4.74 Å². The van der Waals surface area contributed by atoms with E-state index in [0.717, 1.165) is 13.2 Å². The minimum atomic E-state index is 0.337. The molecule has 110 valence electrons. The minimum Gasteiger partial charge on any atom is -0.375 e. The van der Waals surface area contributed by atoms with E-state index in [4.69, 9.17) is 10.5 Å². The second-order valence-corrected chi connectivity index (χ2v) is 6.19. The van der Waals surface area contributed by atoms with Gasteiger partial charge >= 0.3 is 0 Å². The first-order valence-corrected chi connectivity index (χ1v) is 7.86. The summed E-state index contributed by atoms with van der Waals surface area (Å²) in [6.07, 6.45) is 4.19. The molecule has 1 aromatic rings. The topological polar surface area (TPSA) is 38.5 Å². The molecular weight excluding hydrogens is 248 g/mol. The van der Waals surface area contributed by atoms with Crippen LogP contribution in [0.1, 0.15) is 42.0 Å². The van der Waals surface area contributed by atoms with Crippen LogP contribution in [0.5, 0.6) is 0 Å². The molecule has 1 aliphatic carbocycles. The number of ether oxygens (including phenoxy) is 1. The lowest BCUT2D eigenvalue weighted by Gasteiger charge is -2.43. The fourth-order valence-electron chi connectivity index (χ4n) is 3.92. The monoisotopic (exact) mass is 274 g/mol. The molecule has 0 amide bonds. The number of hydrogen-bond donors (Lipinski definition) is 1. The van der Waals surface area contributed by atoms with Gasteiger partial charge < -0.3 is 10.5 Å². The average molecular weight is 274 g/mol. The molecular formula is C17H26N2O. The minimum absolute atomic E-state index is 0.337. The third-order valence-electron chi connectivity index (χ3n) is 5.15. The van der Waals surface area contributed by atoms with E-state index in [1.807, 2.05) is 0 Å². The highest BCUT2D eigenvalue weighted by Gasteiger charge is 2.39. The zero-order valence-corrected chi connectivity index (χ0v) is 12.6. The van der Waals surface area contributed by atoms with Gasteiger partial charge in [-0.25, -0.2) is 0 Å². The molecule has 2 N–H and O–H groups in total. The van der Waals surface area contributed by atoms with Gasteiger partial charge in [0.2, 0.25) is 0 Å². The Balaban J connectivity index is 1.90. The molecule has 0 aromatic heterocycles. The lowest BCUT2D eigenvalue weighted by molar-refractivity contribution is -0.0712. The smallest absolute Gasteiger partial charge is 0.0731 e. The molecule has 3 nitrogen and oxygen atoms in total. The van der Waals surface area contributed by atoms with E-state index in [-0.39, 0.29) is 0 Å². The maximum atomic E-state index is 6.15. The fourth-order valence-corrected chi connectivity index (χ4v) is 3.92. The summed E-state index contributed by atoms with van der Waals surface area (Å²) < 4.78 is 5.93. The van der Waals surface area contributed by atoms with Gasteiger partial charge in [-0.3, -0.25) is 4.90 Å². The third kappa shape index (κ3) is 2.39. The van der Waals surface area contributed by atoms with E-state index in [1.54, 1.807) is 0 Å². The highest BCUT2D eigenvalue weighted by Crippen LogP contribution is 2.36. The van der Waals surface area contributed by atoms with Gasteiger partial charge in [-0.05, 0) is 49.8 Å². The first-order valence-electron chi connectivity index (χ1n) is 7.86. The number of hydrogen-bond acceptors (Lipinski definition) is 3. The SMILES string of the molecule is Cc1cccc(C(CN)N2CCOC3CCCC32)c1C. The molecule has 1 saturated heterocycles. The second-order valence-electron chi connectivity index (χ2n) is 6.19. The van der Waals surface area contributed by atoms with Crippen molar-refractivity contribution in [3.8, 4) is 0 Å². The summed E-state index contributed by atoms with van der Waals surface area (Å²) in [5.41, 5.74) is 10.3. The summed E-state index contributed by atoms with van der Waals surface area (Å²) in [6, 6.07) is 7.50. The van der Waals surface area contributed by atoms with Crippen molar-refractivity contribution in [2.75, 3.05) is 19.7 Å². The highest BCUT2D eigenvalue weighted by molar-refractivity contribution is 5.35. The van der Waals surface area contributed by atoms with Crippen LogP contribution in [-0.4, -0.2) is 36.7 Å². The number of rotatable bonds is 3. The quantitative estimate of drug-likeness (QED) is 0.920. The highest BCUT2D eigenvalue weighted by atomic mass is 16.5. The summed E-state index contributed by atoms with van der Waals surface area (Å²) in [6.45, 7) is 6.95. The Hall–Kier alpha value is -0.900. The summed E-state index contributed by atoms with van der Waals surface area (Å²) in [5.74, 6) is 0. The zero-order valence-electron chi connectivity index (χ0n) is 12.6. The van der Waals surface area contributed by atoms with Crippen LogP contribution in [0.4, 0.5) is 0 Å². The maximum absolute atomic E-state index is 6.15. The van der Waals surface area contributed by atoms with Crippen molar-refractivity contribution in [1.82, 2.24) is 4.90 Å². The Kier molecular flexibility index (Phi) is 4.11. The van der Waals surface area contributed by atoms with Crippen molar-refractivity contribution in [1.29, 1.82) is 0 Å². The number of nitrogens with two attached hydrogens (primary N) is 1. The Bertz CT molecular complexity index is 474. The Morgan fingerprint density at radius 1 is 1.35 bits per heavy atom. The van der Waals surface area contributed by atoms with E-state index < -0.39 is 0 Å². The zero-order chi connectivity index (χ0) is 14.1.